The normalized spacial score (nSPS) is 11.2. The first-order valence-corrected chi connectivity index (χ1v) is 8.69. The number of hydrogen-bond donors (Lipinski definition) is 0. The zero-order valence-corrected chi connectivity index (χ0v) is 15.3. The Morgan fingerprint density at radius 2 is 2.00 bits per heavy atom. The lowest BCUT2D eigenvalue weighted by Crippen LogP contribution is -1.97. The molecule has 0 fully saturated rings. The molecule has 0 radical (unpaired) electrons. The topological polar surface area (TPSA) is 48.0 Å². The molecule has 26 heavy (non-hydrogen) atoms. The molecule has 0 spiro atoms. The first-order chi connectivity index (χ1) is 12.6. The molecule has 0 saturated carbocycles. The fourth-order valence-electron chi connectivity index (χ4n) is 3.24. The number of rotatable bonds is 4. The Bertz CT molecular complexity index is 1120. The van der Waals surface area contributed by atoms with Crippen LogP contribution in [0.4, 0.5) is 0 Å². The van der Waals surface area contributed by atoms with Crippen molar-refractivity contribution in [2.45, 2.75) is 20.3 Å². The van der Waals surface area contributed by atoms with Crippen molar-refractivity contribution in [1.82, 2.24) is 24.4 Å². The van der Waals surface area contributed by atoms with Crippen LogP contribution in [0.5, 0.6) is 0 Å². The monoisotopic (exact) mass is 343 g/mol. The van der Waals surface area contributed by atoms with Crippen LogP contribution in [0.1, 0.15) is 29.4 Å². The number of nitrogens with zero attached hydrogens (tertiary/aromatic N) is 5. The van der Waals surface area contributed by atoms with Gasteiger partial charge in [0.2, 0.25) is 0 Å². The van der Waals surface area contributed by atoms with Gasteiger partial charge in [-0.15, -0.1) is 0 Å². The molecule has 4 aromatic heterocycles. The van der Waals surface area contributed by atoms with Gasteiger partial charge in [0, 0.05) is 47.5 Å². The fraction of sp³-hybridized carbons (Fsp3) is 0.190. The highest BCUT2D eigenvalue weighted by molar-refractivity contribution is 5.85. The quantitative estimate of drug-likeness (QED) is 0.561. The molecule has 0 aliphatic heterocycles. The van der Waals surface area contributed by atoms with Crippen LogP contribution in [0.25, 0.3) is 22.2 Å². The molecule has 0 aromatic carbocycles. The van der Waals surface area contributed by atoms with E-state index >= 15 is 0 Å². The molecular weight excluding hydrogens is 322 g/mol. The molecule has 5 heteroatoms. The molecule has 0 unspecified atom stereocenters. The maximum absolute atomic E-state index is 4.67. The maximum atomic E-state index is 4.67. The minimum atomic E-state index is 0.934. The molecule has 4 heterocycles. The van der Waals surface area contributed by atoms with Crippen LogP contribution in [0, 0.1) is 6.92 Å². The summed E-state index contributed by atoms with van der Waals surface area (Å²) in [6, 6.07) is 8.37. The molecule has 4 aromatic rings. The minimum absolute atomic E-state index is 0.934. The van der Waals surface area contributed by atoms with Crippen LogP contribution < -0.4 is 0 Å². The predicted octanol–water partition coefficient (Wildman–Crippen LogP) is 4.06. The lowest BCUT2D eigenvalue weighted by molar-refractivity contribution is 0.768. The van der Waals surface area contributed by atoms with E-state index in [4.69, 9.17) is 0 Å². The van der Waals surface area contributed by atoms with Crippen molar-refractivity contribution in [2.24, 2.45) is 7.05 Å². The van der Waals surface area contributed by atoms with E-state index in [-0.39, 0.29) is 0 Å². The number of fused-ring (bicyclic) bond motifs is 1. The van der Waals surface area contributed by atoms with Crippen LogP contribution in [-0.2, 0) is 13.5 Å². The van der Waals surface area contributed by atoms with Crippen molar-refractivity contribution >= 4 is 11.1 Å². The number of aryl methyl sites for hydroxylation is 3. The van der Waals surface area contributed by atoms with Gasteiger partial charge < -0.3 is 0 Å². The lowest BCUT2D eigenvalue weighted by Gasteiger charge is -2.11. The van der Waals surface area contributed by atoms with Crippen molar-refractivity contribution in [2.75, 3.05) is 0 Å². The second-order valence-electron chi connectivity index (χ2n) is 6.47. The summed E-state index contributed by atoms with van der Waals surface area (Å²) < 4.78 is 3.68. The van der Waals surface area contributed by atoms with Gasteiger partial charge in [0.1, 0.15) is 0 Å². The third-order valence-electron chi connectivity index (χ3n) is 4.72. The Morgan fingerprint density at radius 1 is 1.15 bits per heavy atom. The molecule has 0 aliphatic rings. The van der Waals surface area contributed by atoms with E-state index in [1.165, 1.54) is 0 Å². The van der Waals surface area contributed by atoms with Gasteiger partial charge in [-0.3, -0.25) is 9.67 Å². The molecule has 0 saturated heterocycles. The Labute approximate surface area is 152 Å². The standard InChI is InChI=1S/C21H21N5/c1-5-18-6-7-19(15(3)24-18)14(2)16-8-9-26-21(10-16)20(12-23-26)17-11-22-25(4)13-17/h6-13H,2,5H2,1,3-4H3. The SMILES string of the molecule is C=C(c1ccn2ncc(-c3cnn(C)c3)c2c1)c1ccc(CC)nc1C. The Morgan fingerprint density at radius 3 is 2.69 bits per heavy atom. The Balaban J connectivity index is 1.78. The van der Waals surface area contributed by atoms with Crippen molar-refractivity contribution in [3.05, 3.63) is 78.1 Å². The zero-order valence-electron chi connectivity index (χ0n) is 15.3. The van der Waals surface area contributed by atoms with Crippen LogP contribution in [0.3, 0.4) is 0 Å². The van der Waals surface area contributed by atoms with E-state index in [2.05, 4.69) is 46.9 Å². The molecule has 0 atom stereocenters. The maximum Gasteiger partial charge on any atom is 0.0747 e. The summed E-state index contributed by atoms with van der Waals surface area (Å²) >= 11 is 0. The first-order valence-electron chi connectivity index (χ1n) is 8.69. The van der Waals surface area contributed by atoms with E-state index in [0.29, 0.717) is 0 Å². The van der Waals surface area contributed by atoms with E-state index in [1.807, 2.05) is 49.3 Å². The van der Waals surface area contributed by atoms with Crippen LogP contribution in [0.2, 0.25) is 0 Å². The van der Waals surface area contributed by atoms with E-state index < -0.39 is 0 Å². The van der Waals surface area contributed by atoms with Crippen molar-refractivity contribution in [3.63, 3.8) is 0 Å². The molecule has 5 nitrogen and oxygen atoms in total. The van der Waals surface area contributed by atoms with E-state index in [1.54, 1.807) is 4.68 Å². The second-order valence-corrected chi connectivity index (χ2v) is 6.47. The third-order valence-corrected chi connectivity index (χ3v) is 4.72. The summed E-state index contributed by atoms with van der Waals surface area (Å²) in [6.45, 7) is 8.48. The number of pyridine rings is 2. The minimum Gasteiger partial charge on any atom is -0.275 e. The Hall–Kier alpha value is -3.21. The average molecular weight is 343 g/mol. The van der Waals surface area contributed by atoms with E-state index in [9.17, 15) is 0 Å². The summed E-state index contributed by atoms with van der Waals surface area (Å²) in [5.41, 5.74) is 8.37. The van der Waals surface area contributed by atoms with Gasteiger partial charge in [-0.2, -0.15) is 10.2 Å². The van der Waals surface area contributed by atoms with Gasteiger partial charge in [-0.25, -0.2) is 4.52 Å². The fourth-order valence-corrected chi connectivity index (χ4v) is 3.24. The van der Waals surface area contributed by atoms with Gasteiger partial charge in [0.25, 0.3) is 0 Å². The summed E-state index contributed by atoms with van der Waals surface area (Å²) in [7, 11) is 1.91. The first kappa shape index (κ1) is 16.3. The second kappa shape index (κ2) is 6.26. The molecule has 130 valence electrons. The van der Waals surface area contributed by atoms with Gasteiger partial charge in [0.05, 0.1) is 17.9 Å². The lowest BCUT2D eigenvalue weighted by atomic mass is 9.98. The third kappa shape index (κ3) is 2.71. The highest BCUT2D eigenvalue weighted by atomic mass is 15.2. The molecule has 0 bridgehead atoms. The molecular formula is C21H21N5. The van der Waals surface area contributed by atoms with Gasteiger partial charge in [-0.05, 0) is 42.7 Å². The number of aromatic nitrogens is 5. The predicted molar refractivity (Wildman–Crippen MR) is 104 cm³/mol. The van der Waals surface area contributed by atoms with E-state index in [0.717, 1.165) is 51.2 Å². The largest absolute Gasteiger partial charge is 0.275 e. The van der Waals surface area contributed by atoms with Gasteiger partial charge in [-0.1, -0.05) is 19.6 Å². The smallest absolute Gasteiger partial charge is 0.0747 e. The average Bonchev–Trinajstić information content (AvgIpc) is 3.26. The van der Waals surface area contributed by atoms with Gasteiger partial charge >= 0.3 is 0 Å². The van der Waals surface area contributed by atoms with Crippen LogP contribution in [-0.4, -0.2) is 24.4 Å². The highest BCUT2D eigenvalue weighted by Crippen LogP contribution is 2.29. The molecule has 0 N–H and O–H groups in total. The zero-order chi connectivity index (χ0) is 18.3. The van der Waals surface area contributed by atoms with Crippen LogP contribution >= 0.6 is 0 Å². The summed E-state index contributed by atoms with van der Waals surface area (Å²) in [6.07, 6.45) is 8.64. The van der Waals surface area contributed by atoms with Gasteiger partial charge in [0.15, 0.2) is 0 Å². The van der Waals surface area contributed by atoms with Crippen molar-refractivity contribution in [3.8, 4) is 11.1 Å². The van der Waals surface area contributed by atoms with Crippen molar-refractivity contribution < 1.29 is 0 Å². The molecule has 0 aliphatic carbocycles. The van der Waals surface area contributed by atoms with Crippen molar-refractivity contribution in [1.29, 1.82) is 0 Å². The number of hydrogen-bond acceptors (Lipinski definition) is 3. The summed E-state index contributed by atoms with van der Waals surface area (Å²) in [4.78, 5) is 4.67. The molecule has 0 amide bonds. The summed E-state index contributed by atoms with van der Waals surface area (Å²) in [5, 5.41) is 8.72. The van der Waals surface area contributed by atoms with Crippen LogP contribution in [0.15, 0.2) is 55.6 Å². The highest BCUT2D eigenvalue weighted by Gasteiger charge is 2.12. The molecule has 4 rings (SSSR count). The summed E-state index contributed by atoms with van der Waals surface area (Å²) in [5.74, 6) is 0. The Kier molecular flexibility index (Phi) is 3.92.